The summed E-state index contributed by atoms with van der Waals surface area (Å²) in [4.78, 5) is 13.2. The molecule has 0 radical (unpaired) electrons. The molecule has 3 aromatic rings. The summed E-state index contributed by atoms with van der Waals surface area (Å²) in [5, 5.41) is 59.8. The Labute approximate surface area is 197 Å². The molecule has 12 heteroatoms. The standard InChI is InChI=1S/C23H24O12/c1-31-14-3-9(4-15(32-2)19(14)27)11-8-33-13-6-10(5-12(25)17(13)18(11)26)34-23-22(30)21(29)20(28)16(7-24)35-23/h3-6,8,16,20-25,27-30H,7H2,1-2H3/t16-,20-,21+,22-,23-/m1/s1. The Hall–Kier alpha value is -3.55. The van der Waals surface area contributed by atoms with Crippen molar-refractivity contribution in [2.45, 2.75) is 30.7 Å². The first-order chi connectivity index (χ1) is 16.7. The van der Waals surface area contributed by atoms with Crippen LogP contribution in [0.2, 0.25) is 0 Å². The van der Waals surface area contributed by atoms with Crippen LogP contribution in [0.15, 0.2) is 39.7 Å². The molecule has 1 fully saturated rings. The van der Waals surface area contributed by atoms with Gasteiger partial charge in [-0.3, -0.25) is 4.79 Å². The highest BCUT2D eigenvalue weighted by atomic mass is 16.7. The second-order valence-corrected chi connectivity index (χ2v) is 7.84. The Morgan fingerprint density at radius 2 is 1.60 bits per heavy atom. The third kappa shape index (κ3) is 4.33. The highest BCUT2D eigenvalue weighted by molar-refractivity contribution is 5.88. The number of ether oxygens (including phenoxy) is 4. The second kappa shape index (κ2) is 9.60. The molecule has 0 saturated carbocycles. The van der Waals surface area contributed by atoms with Crippen LogP contribution in [0.1, 0.15) is 0 Å². The van der Waals surface area contributed by atoms with Crippen molar-refractivity contribution in [2.24, 2.45) is 0 Å². The van der Waals surface area contributed by atoms with Gasteiger partial charge in [-0.1, -0.05) is 0 Å². The molecule has 0 aliphatic carbocycles. The van der Waals surface area contributed by atoms with E-state index >= 15 is 0 Å². The molecule has 2 heterocycles. The first-order valence-corrected chi connectivity index (χ1v) is 10.4. The first-order valence-electron chi connectivity index (χ1n) is 10.4. The fourth-order valence-corrected chi connectivity index (χ4v) is 3.82. The summed E-state index contributed by atoms with van der Waals surface area (Å²) in [6, 6.07) is 5.16. The zero-order valence-corrected chi connectivity index (χ0v) is 18.6. The van der Waals surface area contributed by atoms with E-state index in [1.54, 1.807) is 0 Å². The monoisotopic (exact) mass is 492 g/mol. The van der Waals surface area contributed by atoms with Crippen molar-refractivity contribution in [3.8, 4) is 39.9 Å². The molecule has 12 nitrogen and oxygen atoms in total. The minimum Gasteiger partial charge on any atom is -0.507 e. The highest BCUT2D eigenvalue weighted by Gasteiger charge is 2.44. The van der Waals surface area contributed by atoms with Crippen molar-refractivity contribution in [2.75, 3.05) is 20.8 Å². The van der Waals surface area contributed by atoms with E-state index in [1.165, 1.54) is 32.4 Å². The van der Waals surface area contributed by atoms with Gasteiger partial charge in [0.05, 0.1) is 26.4 Å². The van der Waals surface area contributed by atoms with E-state index in [-0.39, 0.29) is 39.5 Å². The topological polar surface area (TPSA) is 189 Å². The normalized spacial score (nSPS) is 24.3. The van der Waals surface area contributed by atoms with Crippen LogP contribution in [0, 0.1) is 0 Å². The summed E-state index contributed by atoms with van der Waals surface area (Å²) in [6.45, 7) is -0.641. The lowest BCUT2D eigenvalue weighted by molar-refractivity contribution is -0.277. The molecular weight excluding hydrogens is 468 g/mol. The third-order valence-corrected chi connectivity index (χ3v) is 5.72. The van der Waals surface area contributed by atoms with Crippen molar-refractivity contribution in [3.05, 3.63) is 40.8 Å². The van der Waals surface area contributed by atoms with Gasteiger partial charge in [-0.25, -0.2) is 0 Å². The number of rotatable bonds is 6. The number of aliphatic hydroxyl groups excluding tert-OH is 4. The van der Waals surface area contributed by atoms with Gasteiger partial charge in [0.2, 0.25) is 17.5 Å². The lowest BCUT2D eigenvalue weighted by Crippen LogP contribution is -2.60. The third-order valence-electron chi connectivity index (χ3n) is 5.72. The van der Waals surface area contributed by atoms with E-state index in [0.717, 1.165) is 12.3 Å². The van der Waals surface area contributed by atoms with Crippen molar-refractivity contribution in [1.29, 1.82) is 0 Å². The predicted molar refractivity (Wildman–Crippen MR) is 119 cm³/mol. The van der Waals surface area contributed by atoms with Crippen LogP contribution in [0.25, 0.3) is 22.1 Å². The average Bonchev–Trinajstić information content (AvgIpc) is 2.84. The molecule has 1 aliphatic rings. The molecule has 188 valence electrons. The van der Waals surface area contributed by atoms with Crippen molar-refractivity contribution >= 4 is 11.0 Å². The van der Waals surface area contributed by atoms with Crippen LogP contribution < -0.4 is 19.6 Å². The molecule has 1 aromatic heterocycles. The van der Waals surface area contributed by atoms with Gasteiger partial charge in [-0.2, -0.15) is 0 Å². The minimum absolute atomic E-state index is 0.0481. The molecule has 1 saturated heterocycles. The molecule has 0 bridgehead atoms. The van der Waals surface area contributed by atoms with E-state index < -0.39 is 48.5 Å². The highest BCUT2D eigenvalue weighted by Crippen LogP contribution is 2.40. The smallest absolute Gasteiger partial charge is 0.229 e. The predicted octanol–water partition coefficient (Wildman–Crippen LogP) is 0.0671. The van der Waals surface area contributed by atoms with Gasteiger partial charge >= 0.3 is 0 Å². The number of phenols is 2. The molecule has 0 unspecified atom stereocenters. The molecular formula is C23H24O12. The lowest BCUT2D eigenvalue weighted by Gasteiger charge is -2.39. The van der Waals surface area contributed by atoms with E-state index in [2.05, 4.69) is 0 Å². The lowest BCUT2D eigenvalue weighted by atomic mass is 9.99. The number of methoxy groups -OCH3 is 2. The maximum Gasteiger partial charge on any atom is 0.229 e. The molecule has 2 aromatic carbocycles. The molecule has 5 atom stereocenters. The van der Waals surface area contributed by atoms with Crippen molar-refractivity contribution in [1.82, 2.24) is 0 Å². The first kappa shape index (κ1) is 24.6. The van der Waals surface area contributed by atoms with Gasteiger partial charge in [0.1, 0.15) is 53.1 Å². The molecule has 1 aliphatic heterocycles. The van der Waals surface area contributed by atoms with Crippen LogP contribution in [0.4, 0.5) is 0 Å². The van der Waals surface area contributed by atoms with Crippen LogP contribution in [0.3, 0.4) is 0 Å². The van der Waals surface area contributed by atoms with Gasteiger partial charge in [0.15, 0.2) is 11.5 Å². The number of benzene rings is 2. The van der Waals surface area contributed by atoms with E-state index in [9.17, 15) is 35.4 Å². The number of aliphatic hydroxyl groups is 4. The number of phenolic OH excluding ortho intramolecular Hbond substituents is 2. The Morgan fingerprint density at radius 3 is 2.20 bits per heavy atom. The fourth-order valence-electron chi connectivity index (χ4n) is 3.82. The zero-order valence-electron chi connectivity index (χ0n) is 18.6. The van der Waals surface area contributed by atoms with Crippen molar-refractivity contribution < 1.29 is 54.0 Å². The fraction of sp³-hybridized carbons (Fsp3) is 0.348. The minimum atomic E-state index is -1.67. The van der Waals surface area contributed by atoms with Crippen LogP contribution in [-0.2, 0) is 4.74 Å². The number of fused-ring (bicyclic) bond motifs is 1. The second-order valence-electron chi connectivity index (χ2n) is 7.84. The quantitative estimate of drug-likeness (QED) is 0.272. The Kier molecular flexibility index (Phi) is 6.74. The Morgan fingerprint density at radius 1 is 0.943 bits per heavy atom. The summed E-state index contributed by atoms with van der Waals surface area (Å²) in [5.74, 6) is -0.710. The number of hydrogen-bond donors (Lipinski definition) is 6. The van der Waals surface area contributed by atoms with Gasteiger partial charge in [-0.15, -0.1) is 0 Å². The SMILES string of the molecule is COc1cc(-c2coc3cc(O[C@@H]4O[C@H](CO)[C@@H](O)[C@H](O)[C@H]4O)cc(O)c3c2=O)cc(OC)c1O. The molecule has 0 amide bonds. The van der Waals surface area contributed by atoms with Crippen molar-refractivity contribution in [3.63, 3.8) is 0 Å². The maximum absolute atomic E-state index is 13.2. The summed E-state index contributed by atoms with van der Waals surface area (Å²) >= 11 is 0. The van der Waals surface area contributed by atoms with Crippen LogP contribution in [0.5, 0.6) is 28.7 Å². The Bertz CT molecular complexity index is 1260. The van der Waals surface area contributed by atoms with E-state index in [0.29, 0.717) is 5.56 Å². The molecule has 35 heavy (non-hydrogen) atoms. The van der Waals surface area contributed by atoms with E-state index in [1.807, 2.05) is 0 Å². The number of aromatic hydroxyl groups is 2. The molecule has 0 spiro atoms. The summed E-state index contributed by atoms with van der Waals surface area (Å²) in [7, 11) is 2.67. The Balaban J connectivity index is 1.72. The zero-order chi connectivity index (χ0) is 25.4. The summed E-state index contributed by atoms with van der Waals surface area (Å²) < 4.78 is 26.6. The van der Waals surface area contributed by atoms with Gasteiger partial charge in [0.25, 0.3) is 0 Å². The van der Waals surface area contributed by atoms with Gasteiger partial charge < -0.3 is 54.0 Å². The van der Waals surface area contributed by atoms with E-state index in [4.69, 9.17) is 23.4 Å². The van der Waals surface area contributed by atoms with Crippen LogP contribution in [-0.4, -0.2) is 82.2 Å². The summed E-state index contributed by atoms with van der Waals surface area (Å²) in [6.07, 6.45) is -6.42. The van der Waals surface area contributed by atoms with Crippen LogP contribution >= 0.6 is 0 Å². The number of hydrogen-bond acceptors (Lipinski definition) is 12. The largest absolute Gasteiger partial charge is 0.507 e. The average molecular weight is 492 g/mol. The molecule has 4 rings (SSSR count). The molecule has 6 N–H and O–H groups in total. The summed E-state index contributed by atoms with van der Waals surface area (Å²) in [5.41, 5.74) is -0.311. The maximum atomic E-state index is 13.2. The van der Waals surface area contributed by atoms with Gasteiger partial charge in [-0.05, 0) is 17.7 Å². The van der Waals surface area contributed by atoms with Gasteiger partial charge in [0, 0.05) is 12.1 Å².